The molecule has 5 atom stereocenters. The number of H-pyrrole nitrogens is 1. The Balaban J connectivity index is 2.11. The van der Waals surface area contributed by atoms with Crippen LogP contribution < -0.4 is 11.2 Å². The Hall–Kier alpha value is -1.09. The minimum atomic E-state index is -2.36. The van der Waals surface area contributed by atoms with Crippen LogP contribution >= 0.6 is 0 Å². The molecule has 1 aromatic heterocycles. The lowest BCUT2D eigenvalue weighted by Crippen LogP contribution is -2.54. The van der Waals surface area contributed by atoms with Crippen LogP contribution in [0.4, 0.5) is 0 Å². The van der Waals surface area contributed by atoms with Gasteiger partial charge in [-0.15, -0.1) is 0 Å². The van der Waals surface area contributed by atoms with E-state index in [0.717, 1.165) is 0 Å². The summed E-state index contributed by atoms with van der Waals surface area (Å²) in [4.78, 5) is 26.7. The highest BCUT2D eigenvalue weighted by Crippen LogP contribution is 2.57. The maximum absolute atomic E-state index is 12.7. The van der Waals surface area contributed by atoms with Crippen LogP contribution in [0.15, 0.2) is 21.9 Å². The van der Waals surface area contributed by atoms with E-state index in [-0.39, 0.29) is 16.7 Å². The molecule has 0 unspecified atom stereocenters. The van der Waals surface area contributed by atoms with E-state index >= 15 is 0 Å². The Kier molecular flexibility index (Phi) is 6.63. The fraction of sp³-hybridized carbons (Fsp3) is 0.818. The van der Waals surface area contributed by atoms with Crippen LogP contribution in [0.25, 0.3) is 0 Å². The first-order valence-corrected chi connectivity index (χ1v) is 17.3. The Morgan fingerprint density at radius 3 is 2.06 bits per heavy atom. The van der Waals surface area contributed by atoms with E-state index in [1.54, 1.807) is 0 Å². The van der Waals surface area contributed by atoms with Gasteiger partial charge in [-0.05, 0) is 36.3 Å². The Morgan fingerprint density at radius 1 is 1.06 bits per heavy atom. The second-order valence-corrected chi connectivity index (χ2v) is 21.7. The van der Waals surface area contributed by atoms with E-state index in [4.69, 9.17) is 18.3 Å². The molecule has 3 heterocycles. The second-order valence-electron chi connectivity index (χ2n) is 12.2. The molecular weight excluding hydrogens is 460 g/mol. The summed E-state index contributed by atoms with van der Waals surface area (Å²) in [6.45, 7) is 21.0. The summed E-state index contributed by atoms with van der Waals surface area (Å²) in [7, 11) is -4.68. The predicted molar refractivity (Wildman–Crippen MR) is 130 cm³/mol. The van der Waals surface area contributed by atoms with E-state index in [0.29, 0.717) is 0 Å². The minimum Gasteiger partial charge on any atom is -0.406 e. The highest BCUT2D eigenvalue weighted by Gasteiger charge is 2.76. The lowest BCUT2D eigenvalue weighted by atomic mass is 9.99. The summed E-state index contributed by atoms with van der Waals surface area (Å²) in [6, 6.07) is 1.28. The Labute approximate surface area is 197 Å². The van der Waals surface area contributed by atoms with Crippen LogP contribution in [0.3, 0.4) is 0 Å². The van der Waals surface area contributed by atoms with Crippen LogP contribution in [0, 0.1) is 0 Å². The van der Waals surface area contributed by atoms with E-state index in [1.165, 1.54) is 16.8 Å². The number of hydrogen-bond acceptors (Lipinski definition) is 7. The standard InChI is InChI=1S/C22H40N2O7Si2/c1-20(2,3)32(7,8)30-16-17(24-12-11-15(26)23-19(24)27)28-18(22(16)14(13-25)29-22)31-33(9,10)21(4,5)6/h11-12,14,16-18,25H,13H2,1-10H3,(H,23,26,27)/t14-,16+,17-,18-,22+/m1/s1. The van der Waals surface area contributed by atoms with E-state index in [2.05, 4.69) is 72.7 Å². The number of nitrogens with one attached hydrogen (secondary N) is 1. The topological polar surface area (TPSA) is 115 Å². The van der Waals surface area contributed by atoms with Gasteiger partial charge in [-0.25, -0.2) is 4.79 Å². The Bertz CT molecular complexity index is 992. The van der Waals surface area contributed by atoms with Crippen LogP contribution in [0.2, 0.25) is 36.3 Å². The van der Waals surface area contributed by atoms with E-state index in [1.807, 2.05) is 0 Å². The fourth-order valence-electron chi connectivity index (χ4n) is 3.56. The molecule has 3 rings (SSSR count). The van der Waals surface area contributed by atoms with Crippen molar-refractivity contribution in [1.29, 1.82) is 0 Å². The van der Waals surface area contributed by atoms with E-state index < -0.39 is 58.2 Å². The molecule has 188 valence electrons. The third-order valence-electron chi connectivity index (χ3n) is 7.85. The summed E-state index contributed by atoms with van der Waals surface area (Å²) in [5.41, 5.74) is -2.13. The third kappa shape index (κ3) is 4.61. The summed E-state index contributed by atoms with van der Waals surface area (Å²) in [5, 5.41) is 9.84. The zero-order chi connectivity index (χ0) is 25.2. The van der Waals surface area contributed by atoms with Crippen molar-refractivity contribution in [3.63, 3.8) is 0 Å². The molecule has 11 heteroatoms. The number of aromatic amines is 1. The van der Waals surface area contributed by atoms with Gasteiger partial charge in [0, 0.05) is 12.3 Å². The van der Waals surface area contributed by atoms with Crippen LogP contribution in [0.1, 0.15) is 47.8 Å². The van der Waals surface area contributed by atoms with Crippen LogP contribution in [0.5, 0.6) is 0 Å². The quantitative estimate of drug-likeness (QED) is 0.456. The van der Waals surface area contributed by atoms with Crippen molar-refractivity contribution >= 4 is 16.6 Å². The molecule has 0 amide bonds. The highest BCUT2D eigenvalue weighted by atomic mass is 28.4. The number of ether oxygens (including phenoxy) is 2. The minimum absolute atomic E-state index is 0.0934. The number of aliphatic hydroxyl groups is 1. The molecule has 1 spiro atoms. The van der Waals surface area contributed by atoms with Crippen molar-refractivity contribution < 1.29 is 23.4 Å². The summed E-state index contributed by atoms with van der Waals surface area (Å²) >= 11 is 0. The molecule has 2 aliphatic rings. The van der Waals surface area contributed by atoms with Gasteiger partial charge in [0.2, 0.25) is 0 Å². The first kappa shape index (κ1) is 26.5. The number of nitrogens with zero attached hydrogens (tertiary/aromatic N) is 1. The van der Waals surface area contributed by atoms with Crippen molar-refractivity contribution in [2.75, 3.05) is 6.61 Å². The molecule has 1 aromatic rings. The molecule has 2 fully saturated rings. The zero-order valence-electron chi connectivity index (χ0n) is 21.5. The zero-order valence-corrected chi connectivity index (χ0v) is 23.5. The van der Waals surface area contributed by atoms with Gasteiger partial charge in [0.1, 0.15) is 12.2 Å². The average Bonchev–Trinajstić information content (AvgIpc) is 3.31. The monoisotopic (exact) mass is 500 g/mol. The average molecular weight is 501 g/mol. The maximum atomic E-state index is 12.7. The number of aromatic nitrogens is 2. The molecule has 2 aliphatic heterocycles. The largest absolute Gasteiger partial charge is 0.406 e. The van der Waals surface area contributed by atoms with Gasteiger partial charge in [0.05, 0.1) is 6.61 Å². The van der Waals surface area contributed by atoms with Crippen LogP contribution in [-0.4, -0.2) is 62.0 Å². The van der Waals surface area contributed by atoms with Crippen molar-refractivity contribution in [2.24, 2.45) is 0 Å². The predicted octanol–water partition coefficient (Wildman–Crippen LogP) is 2.93. The van der Waals surface area contributed by atoms with Crippen molar-refractivity contribution in [3.8, 4) is 0 Å². The molecule has 0 aromatic carbocycles. The normalized spacial score (nSPS) is 30.8. The molecule has 0 saturated carbocycles. The van der Waals surface area contributed by atoms with Crippen molar-refractivity contribution in [1.82, 2.24) is 9.55 Å². The smallest absolute Gasteiger partial charge is 0.330 e. The molecule has 0 bridgehead atoms. The van der Waals surface area contributed by atoms with Gasteiger partial charge in [0.15, 0.2) is 34.8 Å². The Morgan fingerprint density at radius 2 is 1.61 bits per heavy atom. The third-order valence-corrected chi connectivity index (χ3v) is 16.7. The van der Waals surface area contributed by atoms with Gasteiger partial charge in [-0.1, -0.05) is 41.5 Å². The lowest BCUT2D eigenvalue weighted by molar-refractivity contribution is -0.125. The number of epoxide rings is 1. The second kappa shape index (κ2) is 8.25. The fourth-order valence-corrected chi connectivity index (χ4v) is 5.98. The SMILES string of the molecule is CC(C)(C)[Si](C)(C)O[C@H]1O[C@@H](n2ccc(=O)[nH]c2=O)[C@H](O[Si](C)(C)C(C)(C)C)[C@]12O[C@@H]2CO. The molecule has 0 radical (unpaired) electrons. The van der Waals surface area contributed by atoms with Crippen molar-refractivity contribution in [3.05, 3.63) is 33.1 Å². The van der Waals surface area contributed by atoms with Crippen molar-refractivity contribution in [2.45, 2.75) is 108 Å². The lowest BCUT2D eigenvalue weighted by Gasteiger charge is -2.41. The van der Waals surface area contributed by atoms with Gasteiger partial charge in [-0.2, -0.15) is 0 Å². The molecule has 9 nitrogen and oxygen atoms in total. The van der Waals surface area contributed by atoms with Crippen LogP contribution in [-0.2, 0) is 18.3 Å². The highest BCUT2D eigenvalue weighted by molar-refractivity contribution is 6.74. The molecular formula is C22H40N2O7Si2. The van der Waals surface area contributed by atoms with Gasteiger partial charge < -0.3 is 23.4 Å². The van der Waals surface area contributed by atoms with Gasteiger partial charge in [0.25, 0.3) is 5.56 Å². The number of aliphatic hydroxyl groups excluding tert-OH is 1. The van der Waals surface area contributed by atoms with Gasteiger partial charge >= 0.3 is 5.69 Å². The molecule has 0 aliphatic carbocycles. The first-order valence-electron chi connectivity index (χ1n) is 11.5. The summed E-state index contributed by atoms with van der Waals surface area (Å²) in [6.07, 6.45) is -1.53. The number of hydrogen-bond donors (Lipinski definition) is 2. The number of rotatable bonds is 6. The molecule has 2 N–H and O–H groups in total. The van der Waals surface area contributed by atoms with E-state index in [9.17, 15) is 14.7 Å². The summed E-state index contributed by atoms with van der Waals surface area (Å²) in [5.74, 6) is 0. The molecule has 33 heavy (non-hydrogen) atoms. The summed E-state index contributed by atoms with van der Waals surface area (Å²) < 4.78 is 27.3. The first-order chi connectivity index (χ1) is 14.9. The maximum Gasteiger partial charge on any atom is 0.330 e. The molecule has 2 saturated heterocycles. The van der Waals surface area contributed by atoms with Gasteiger partial charge in [-0.3, -0.25) is 14.3 Å².